The smallest absolute Gasteiger partial charge is 0.0483 e. The number of nitrogens with two attached hydrogens (primary N) is 1. The predicted molar refractivity (Wildman–Crippen MR) is 63.4 cm³/mol. The lowest BCUT2D eigenvalue weighted by Crippen LogP contribution is -2.17. The van der Waals surface area contributed by atoms with Gasteiger partial charge >= 0.3 is 0 Å². The van der Waals surface area contributed by atoms with E-state index in [0.717, 1.165) is 12.8 Å². The maximum absolute atomic E-state index is 6.11. The molecule has 0 fully saturated rings. The standard InChI is InChI=1S/C13H15N3/c14-12-2-1-3-13-11(12)6-9-16(13)10-4-7-15-8-5-10/h4-9,12H,1-3,14H2. The van der Waals surface area contributed by atoms with Gasteiger partial charge in [0.05, 0.1) is 0 Å². The molecule has 3 heteroatoms. The van der Waals surface area contributed by atoms with Crippen LogP contribution in [0.4, 0.5) is 0 Å². The van der Waals surface area contributed by atoms with Crippen LogP contribution in [0.15, 0.2) is 36.8 Å². The second-order valence-corrected chi connectivity index (χ2v) is 4.29. The van der Waals surface area contributed by atoms with Crippen molar-refractivity contribution in [3.8, 4) is 5.69 Å². The largest absolute Gasteiger partial charge is 0.324 e. The molecule has 1 aliphatic carbocycles. The van der Waals surface area contributed by atoms with E-state index in [-0.39, 0.29) is 6.04 Å². The van der Waals surface area contributed by atoms with Crippen LogP contribution in [0.25, 0.3) is 5.69 Å². The molecule has 0 radical (unpaired) electrons. The molecule has 1 aliphatic rings. The van der Waals surface area contributed by atoms with Gasteiger partial charge in [0, 0.05) is 36.0 Å². The average molecular weight is 213 g/mol. The summed E-state index contributed by atoms with van der Waals surface area (Å²) in [7, 11) is 0. The Hall–Kier alpha value is -1.61. The van der Waals surface area contributed by atoms with Crippen LogP contribution in [0.5, 0.6) is 0 Å². The number of hydrogen-bond donors (Lipinski definition) is 1. The summed E-state index contributed by atoms with van der Waals surface area (Å²) in [5, 5.41) is 0. The molecule has 1 unspecified atom stereocenters. The lowest BCUT2D eigenvalue weighted by atomic mass is 9.93. The molecule has 0 spiro atoms. The third-order valence-corrected chi connectivity index (χ3v) is 3.30. The van der Waals surface area contributed by atoms with Gasteiger partial charge in [0.25, 0.3) is 0 Å². The highest BCUT2D eigenvalue weighted by atomic mass is 15.0. The van der Waals surface area contributed by atoms with E-state index in [0.29, 0.717) is 0 Å². The van der Waals surface area contributed by atoms with Crippen molar-refractivity contribution in [1.82, 2.24) is 9.55 Å². The Kier molecular flexibility index (Phi) is 2.26. The van der Waals surface area contributed by atoms with E-state index >= 15 is 0 Å². The minimum atomic E-state index is 0.215. The molecule has 16 heavy (non-hydrogen) atoms. The number of rotatable bonds is 1. The van der Waals surface area contributed by atoms with E-state index in [4.69, 9.17) is 5.73 Å². The van der Waals surface area contributed by atoms with Crippen LogP contribution in [0, 0.1) is 0 Å². The summed E-state index contributed by atoms with van der Waals surface area (Å²) in [6.45, 7) is 0. The Balaban J connectivity index is 2.10. The Labute approximate surface area is 94.9 Å². The summed E-state index contributed by atoms with van der Waals surface area (Å²) in [6, 6.07) is 6.42. The Morgan fingerprint density at radius 3 is 2.88 bits per heavy atom. The molecule has 2 aromatic heterocycles. The second-order valence-electron chi connectivity index (χ2n) is 4.29. The summed E-state index contributed by atoms with van der Waals surface area (Å²) >= 11 is 0. The van der Waals surface area contributed by atoms with Gasteiger partial charge in [-0.15, -0.1) is 0 Å². The van der Waals surface area contributed by atoms with Crippen molar-refractivity contribution in [3.63, 3.8) is 0 Å². The van der Waals surface area contributed by atoms with E-state index in [2.05, 4.69) is 21.8 Å². The zero-order valence-electron chi connectivity index (χ0n) is 9.13. The van der Waals surface area contributed by atoms with Crippen molar-refractivity contribution in [3.05, 3.63) is 48.0 Å². The van der Waals surface area contributed by atoms with E-state index in [9.17, 15) is 0 Å². The fourth-order valence-corrected chi connectivity index (χ4v) is 2.47. The predicted octanol–water partition coefficient (Wildman–Crippen LogP) is 2.21. The van der Waals surface area contributed by atoms with Gasteiger partial charge < -0.3 is 10.3 Å². The van der Waals surface area contributed by atoms with Crippen molar-refractivity contribution in [2.24, 2.45) is 5.73 Å². The van der Waals surface area contributed by atoms with Crippen LogP contribution >= 0.6 is 0 Å². The SMILES string of the molecule is NC1CCCc2c1ccn2-c1ccncc1. The molecule has 0 bridgehead atoms. The van der Waals surface area contributed by atoms with E-state index in [1.54, 1.807) is 0 Å². The topological polar surface area (TPSA) is 43.8 Å². The molecular formula is C13H15N3. The molecular weight excluding hydrogens is 198 g/mol. The highest BCUT2D eigenvalue weighted by Gasteiger charge is 2.20. The molecule has 0 saturated heterocycles. The van der Waals surface area contributed by atoms with Crippen molar-refractivity contribution >= 4 is 0 Å². The first-order valence-electron chi connectivity index (χ1n) is 5.72. The highest BCUT2D eigenvalue weighted by Crippen LogP contribution is 2.30. The molecule has 0 aliphatic heterocycles. The number of aromatic nitrogens is 2. The first-order chi connectivity index (χ1) is 7.86. The van der Waals surface area contributed by atoms with Crippen molar-refractivity contribution in [2.75, 3.05) is 0 Å². The van der Waals surface area contributed by atoms with Crippen molar-refractivity contribution in [1.29, 1.82) is 0 Å². The molecule has 3 rings (SSSR count). The van der Waals surface area contributed by atoms with Crippen LogP contribution in [-0.4, -0.2) is 9.55 Å². The van der Waals surface area contributed by atoms with Crippen LogP contribution in [-0.2, 0) is 6.42 Å². The maximum Gasteiger partial charge on any atom is 0.0483 e. The summed E-state index contributed by atoms with van der Waals surface area (Å²) in [5.41, 5.74) is 9.96. The van der Waals surface area contributed by atoms with Crippen molar-refractivity contribution < 1.29 is 0 Å². The maximum atomic E-state index is 6.11. The van der Waals surface area contributed by atoms with Crippen LogP contribution < -0.4 is 5.73 Å². The zero-order valence-corrected chi connectivity index (χ0v) is 9.13. The molecule has 2 N–H and O–H groups in total. The number of pyridine rings is 1. The molecule has 0 amide bonds. The van der Waals surface area contributed by atoms with Gasteiger partial charge in [-0.25, -0.2) is 0 Å². The van der Waals surface area contributed by atoms with Crippen LogP contribution in [0.2, 0.25) is 0 Å². The average Bonchev–Trinajstić information content (AvgIpc) is 2.75. The number of fused-ring (bicyclic) bond motifs is 1. The van der Waals surface area contributed by atoms with Gasteiger partial charge in [0.1, 0.15) is 0 Å². The van der Waals surface area contributed by atoms with E-state index in [1.165, 1.54) is 23.4 Å². The monoisotopic (exact) mass is 213 g/mol. The quantitative estimate of drug-likeness (QED) is 0.789. The van der Waals surface area contributed by atoms with Gasteiger partial charge in [0.2, 0.25) is 0 Å². The van der Waals surface area contributed by atoms with Crippen LogP contribution in [0.1, 0.15) is 30.1 Å². The first kappa shape index (κ1) is 9.60. The summed E-state index contributed by atoms with van der Waals surface area (Å²) in [5.74, 6) is 0. The number of nitrogens with zero attached hydrogens (tertiary/aromatic N) is 2. The molecule has 0 aromatic carbocycles. The third kappa shape index (κ3) is 1.44. The normalized spacial score (nSPS) is 19.4. The summed E-state index contributed by atoms with van der Waals surface area (Å²) < 4.78 is 2.23. The Bertz CT molecular complexity index is 487. The zero-order chi connectivity index (χ0) is 11.0. The number of hydrogen-bond acceptors (Lipinski definition) is 2. The molecule has 2 aromatic rings. The van der Waals surface area contributed by atoms with Crippen LogP contribution in [0.3, 0.4) is 0 Å². The lowest BCUT2D eigenvalue weighted by Gasteiger charge is -2.20. The minimum absolute atomic E-state index is 0.215. The highest BCUT2D eigenvalue weighted by molar-refractivity contribution is 5.39. The summed E-state index contributed by atoms with van der Waals surface area (Å²) in [6.07, 6.45) is 9.18. The Morgan fingerprint density at radius 2 is 2.06 bits per heavy atom. The van der Waals surface area contributed by atoms with Gasteiger partial charge in [-0.1, -0.05) is 0 Å². The molecule has 2 heterocycles. The second kappa shape index (κ2) is 3.76. The van der Waals surface area contributed by atoms with Gasteiger partial charge in [-0.2, -0.15) is 0 Å². The van der Waals surface area contributed by atoms with Gasteiger partial charge in [-0.3, -0.25) is 4.98 Å². The first-order valence-corrected chi connectivity index (χ1v) is 5.72. The third-order valence-electron chi connectivity index (χ3n) is 3.30. The lowest BCUT2D eigenvalue weighted by molar-refractivity contribution is 0.560. The molecule has 1 atom stereocenters. The van der Waals surface area contributed by atoms with Gasteiger partial charge in [0.15, 0.2) is 0 Å². The van der Waals surface area contributed by atoms with Gasteiger partial charge in [-0.05, 0) is 43.0 Å². The molecule has 0 saturated carbocycles. The molecule has 82 valence electrons. The minimum Gasteiger partial charge on any atom is -0.324 e. The fraction of sp³-hybridized carbons (Fsp3) is 0.308. The van der Waals surface area contributed by atoms with Crippen molar-refractivity contribution in [2.45, 2.75) is 25.3 Å². The summed E-state index contributed by atoms with van der Waals surface area (Å²) in [4.78, 5) is 4.04. The Morgan fingerprint density at radius 1 is 1.25 bits per heavy atom. The van der Waals surface area contributed by atoms with E-state index < -0.39 is 0 Å². The molecule has 3 nitrogen and oxygen atoms in total. The van der Waals surface area contributed by atoms with E-state index in [1.807, 2.05) is 24.5 Å². The fourth-order valence-electron chi connectivity index (χ4n) is 2.47.